The van der Waals surface area contributed by atoms with Gasteiger partial charge in [0.05, 0.1) is 30.3 Å². The van der Waals surface area contributed by atoms with Crippen LogP contribution in [0.15, 0.2) is 48.5 Å². The SMILES string of the molecule is CCOC(=O)c1ccc(N2C(=O)C[C@H](NCc3ccc(N4CCCC4=O)cc3)C2=O)cc1. The first-order chi connectivity index (χ1) is 15.5. The van der Waals surface area contributed by atoms with Gasteiger partial charge in [-0.25, -0.2) is 9.69 Å². The highest BCUT2D eigenvalue weighted by Gasteiger charge is 2.39. The van der Waals surface area contributed by atoms with E-state index in [1.54, 1.807) is 36.1 Å². The van der Waals surface area contributed by atoms with E-state index < -0.39 is 12.0 Å². The first-order valence-electron chi connectivity index (χ1n) is 10.7. The summed E-state index contributed by atoms with van der Waals surface area (Å²) in [6, 6.07) is 13.3. The van der Waals surface area contributed by atoms with Gasteiger partial charge in [0.25, 0.3) is 5.91 Å². The summed E-state index contributed by atoms with van der Waals surface area (Å²) < 4.78 is 4.95. The summed E-state index contributed by atoms with van der Waals surface area (Å²) in [6.07, 6.45) is 1.53. The molecule has 0 spiro atoms. The van der Waals surface area contributed by atoms with Gasteiger partial charge in [0, 0.05) is 25.2 Å². The number of carbonyl (C=O) groups is 4. The van der Waals surface area contributed by atoms with Crippen LogP contribution >= 0.6 is 0 Å². The van der Waals surface area contributed by atoms with Crippen molar-refractivity contribution in [1.82, 2.24) is 5.32 Å². The zero-order valence-corrected chi connectivity index (χ0v) is 17.9. The molecule has 32 heavy (non-hydrogen) atoms. The smallest absolute Gasteiger partial charge is 0.338 e. The Balaban J connectivity index is 1.37. The molecule has 2 fully saturated rings. The van der Waals surface area contributed by atoms with Crippen LogP contribution < -0.4 is 15.1 Å². The van der Waals surface area contributed by atoms with Crippen molar-refractivity contribution in [1.29, 1.82) is 0 Å². The number of hydrogen-bond acceptors (Lipinski definition) is 6. The van der Waals surface area contributed by atoms with Crippen molar-refractivity contribution in [3.8, 4) is 0 Å². The first-order valence-corrected chi connectivity index (χ1v) is 10.7. The number of ether oxygens (including phenoxy) is 1. The van der Waals surface area contributed by atoms with Crippen molar-refractivity contribution in [2.24, 2.45) is 0 Å². The molecule has 2 saturated heterocycles. The molecule has 4 rings (SSSR count). The Kier molecular flexibility index (Phi) is 6.32. The van der Waals surface area contributed by atoms with Crippen LogP contribution in [-0.4, -0.2) is 42.9 Å². The van der Waals surface area contributed by atoms with E-state index in [0.717, 1.165) is 29.1 Å². The van der Waals surface area contributed by atoms with Crippen LogP contribution in [0.3, 0.4) is 0 Å². The Morgan fingerprint density at radius 2 is 1.69 bits per heavy atom. The number of rotatable bonds is 7. The lowest BCUT2D eigenvalue weighted by Crippen LogP contribution is -2.38. The molecule has 0 aliphatic carbocycles. The fourth-order valence-corrected chi connectivity index (χ4v) is 3.98. The number of carbonyl (C=O) groups excluding carboxylic acids is 4. The normalized spacial score (nSPS) is 18.5. The second-order valence-corrected chi connectivity index (χ2v) is 7.79. The highest BCUT2D eigenvalue weighted by Crippen LogP contribution is 2.25. The topological polar surface area (TPSA) is 96.0 Å². The van der Waals surface area contributed by atoms with Crippen molar-refractivity contribution >= 4 is 35.1 Å². The summed E-state index contributed by atoms with van der Waals surface area (Å²) in [7, 11) is 0. The lowest BCUT2D eigenvalue weighted by Gasteiger charge is -2.17. The van der Waals surface area contributed by atoms with E-state index in [-0.39, 0.29) is 30.7 Å². The molecule has 2 heterocycles. The molecule has 166 valence electrons. The minimum atomic E-state index is -0.618. The molecular formula is C24H25N3O5. The predicted molar refractivity (Wildman–Crippen MR) is 118 cm³/mol. The molecule has 0 radical (unpaired) electrons. The summed E-state index contributed by atoms with van der Waals surface area (Å²) in [4.78, 5) is 51.9. The van der Waals surface area contributed by atoms with Crippen molar-refractivity contribution in [2.45, 2.75) is 38.8 Å². The lowest BCUT2D eigenvalue weighted by atomic mass is 10.1. The Bertz CT molecular complexity index is 1030. The molecule has 0 bridgehead atoms. The molecule has 1 atom stereocenters. The molecule has 8 nitrogen and oxygen atoms in total. The van der Waals surface area contributed by atoms with Crippen molar-refractivity contribution < 1.29 is 23.9 Å². The maximum Gasteiger partial charge on any atom is 0.338 e. The van der Waals surface area contributed by atoms with Gasteiger partial charge in [-0.1, -0.05) is 12.1 Å². The van der Waals surface area contributed by atoms with Gasteiger partial charge in [-0.15, -0.1) is 0 Å². The van der Waals surface area contributed by atoms with Gasteiger partial charge in [-0.3, -0.25) is 14.4 Å². The molecule has 2 aliphatic rings. The fraction of sp³-hybridized carbons (Fsp3) is 0.333. The first kappa shape index (κ1) is 21.7. The van der Waals surface area contributed by atoms with Crippen LogP contribution in [0, 0.1) is 0 Å². The second kappa shape index (κ2) is 9.32. The van der Waals surface area contributed by atoms with E-state index in [1.807, 2.05) is 24.3 Å². The minimum absolute atomic E-state index is 0.0683. The number of benzene rings is 2. The van der Waals surface area contributed by atoms with Gasteiger partial charge in [0.2, 0.25) is 11.8 Å². The van der Waals surface area contributed by atoms with Crippen LogP contribution in [0.25, 0.3) is 0 Å². The summed E-state index contributed by atoms with van der Waals surface area (Å²) >= 11 is 0. The average Bonchev–Trinajstić information content (AvgIpc) is 3.35. The van der Waals surface area contributed by atoms with E-state index >= 15 is 0 Å². The third kappa shape index (κ3) is 4.40. The largest absolute Gasteiger partial charge is 0.462 e. The second-order valence-electron chi connectivity index (χ2n) is 7.79. The van der Waals surface area contributed by atoms with Gasteiger partial charge < -0.3 is 15.0 Å². The molecule has 0 aromatic heterocycles. The zero-order valence-electron chi connectivity index (χ0n) is 17.9. The Morgan fingerprint density at radius 1 is 1.00 bits per heavy atom. The van der Waals surface area contributed by atoms with Crippen LogP contribution in [0.2, 0.25) is 0 Å². The van der Waals surface area contributed by atoms with Gasteiger partial charge in [0.15, 0.2) is 0 Å². The van der Waals surface area contributed by atoms with E-state index in [0.29, 0.717) is 24.2 Å². The minimum Gasteiger partial charge on any atom is -0.462 e. The van der Waals surface area contributed by atoms with Crippen LogP contribution in [0.4, 0.5) is 11.4 Å². The maximum absolute atomic E-state index is 12.8. The average molecular weight is 435 g/mol. The molecular weight excluding hydrogens is 410 g/mol. The van der Waals surface area contributed by atoms with Crippen LogP contribution in [0.5, 0.6) is 0 Å². The monoisotopic (exact) mass is 435 g/mol. The van der Waals surface area contributed by atoms with Crippen LogP contribution in [-0.2, 0) is 25.7 Å². The highest BCUT2D eigenvalue weighted by molar-refractivity contribution is 6.22. The van der Waals surface area contributed by atoms with Gasteiger partial charge in [-0.2, -0.15) is 0 Å². The zero-order chi connectivity index (χ0) is 22.7. The highest BCUT2D eigenvalue weighted by atomic mass is 16.5. The van der Waals surface area contributed by atoms with Gasteiger partial charge in [-0.05, 0) is 55.3 Å². The van der Waals surface area contributed by atoms with Crippen molar-refractivity contribution in [3.63, 3.8) is 0 Å². The number of nitrogens with one attached hydrogen (secondary N) is 1. The summed E-state index contributed by atoms with van der Waals surface area (Å²) in [5.74, 6) is -0.920. The molecule has 0 saturated carbocycles. The Hall–Kier alpha value is -3.52. The number of esters is 1. The summed E-state index contributed by atoms with van der Waals surface area (Å²) in [5.41, 5.74) is 2.62. The van der Waals surface area contributed by atoms with Gasteiger partial charge >= 0.3 is 5.97 Å². The summed E-state index contributed by atoms with van der Waals surface area (Å²) in [5, 5.41) is 3.16. The summed E-state index contributed by atoms with van der Waals surface area (Å²) in [6.45, 7) is 3.17. The number of hydrogen-bond donors (Lipinski definition) is 1. The number of imide groups is 1. The lowest BCUT2D eigenvalue weighted by molar-refractivity contribution is -0.122. The van der Waals surface area contributed by atoms with E-state index in [9.17, 15) is 19.2 Å². The third-order valence-corrected chi connectivity index (χ3v) is 5.66. The quantitative estimate of drug-likeness (QED) is 0.530. The predicted octanol–water partition coefficient (Wildman–Crippen LogP) is 2.41. The molecule has 1 N–H and O–H groups in total. The molecule has 2 aromatic carbocycles. The van der Waals surface area contributed by atoms with Crippen LogP contribution in [0.1, 0.15) is 42.1 Å². The Morgan fingerprint density at radius 3 is 2.31 bits per heavy atom. The van der Waals surface area contributed by atoms with E-state index in [2.05, 4.69) is 5.32 Å². The van der Waals surface area contributed by atoms with Gasteiger partial charge in [0.1, 0.15) is 0 Å². The molecule has 2 aromatic rings. The van der Waals surface area contributed by atoms with E-state index in [4.69, 9.17) is 4.74 Å². The molecule has 3 amide bonds. The third-order valence-electron chi connectivity index (χ3n) is 5.66. The number of anilines is 2. The van der Waals surface area contributed by atoms with Crippen molar-refractivity contribution in [3.05, 3.63) is 59.7 Å². The number of nitrogens with zero attached hydrogens (tertiary/aromatic N) is 2. The number of amides is 3. The Labute approximate surface area is 186 Å². The van der Waals surface area contributed by atoms with Crippen molar-refractivity contribution in [2.75, 3.05) is 23.0 Å². The fourth-order valence-electron chi connectivity index (χ4n) is 3.98. The molecule has 0 unspecified atom stereocenters. The standard InChI is InChI=1S/C24H25N3O5/c1-2-32-24(31)17-7-11-19(12-8-17)27-22(29)14-20(23(27)30)25-15-16-5-9-18(10-6-16)26-13-3-4-21(26)28/h5-12,20,25H,2-4,13-15H2,1H3/t20-/m0/s1. The molecule has 8 heteroatoms. The molecule has 2 aliphatic heterocycles. The maximum atomic E-state index is 12.8. The van der Waals surface area contributed by atoms with E-state index in [1.165, 1.54) is 0 Å².